The molecule has 0 radical (unpaired) electrons. The molecule has 0 amide bonds. The second-order valence-electron chi connectivity index (χ2n) is 5.23. The molecule has 0 atom stereocenters. The highest BCUT2D eigenvalue weighted by molar-refractivity contribution is 5.45. The van der Waals surface area contributed by atoms with E-state index in [4.69, 9.17) is 15.7 Å². The quantitative estimate of drug-likeness (QED) is 0.886. The maximum atomic E-state index is 9.15. The first-order valence-electron chi connectivity index (χ1n) is 6.34. The van der Waals surface area contributed by atoms with Gasteiger partial charge in [0.1, 0.15) is 18.2 Å². The molecule has 4 nitrogen and oxygen atoms in total. The normalized spacial score (nSPS) is 17.4. The van der Waals surface area contributed by atoms with Gasteiger partial charge in [-0.1, -0.05) is 12.8 Å². The van der Waals surface area contributed by atoms with E-state index >= 15 is 0 Å². The molecule has 1 aliphatic rings. The highest BCUT2D eigenvalue weighted by Gasteiger charge is 2.30. The van der Waals surface area contributed by atoms with Crippen LogP contribution in [0, 0.1) is 25.2 Å². The summed E-state index contributed by atoms with van der Waals surface area (Å²) in [7, 11) is 0. The molecule has 1 heterocycles. The molecule has 2 N–H and O–H groups in total. The van der Waals surface area contributed by atoms with E-state index in [9.17, 15) is 0 Å². The molecule has 0 saturated heterocycles. The zero-order chi connectivity index (χ0) is 13.2. The molecule has 1 aliphatic carbocycles. The molecule has 0 aromatic carbocycles. The Morgan fingerprint density at radius 3 is 2.72 bits per heavy atom. The average molecular weight is 245 g/mol. The molecular formula is C14H19N3O. The minimum atomic E-state index is -0.244. The van der Waals surface area contributed by atoms with Gasteiger partial charge in [-0.3, -0.25) is 0 Å². The Morgan fingerprint density at radius 1 is 1.44 bits per heavy atom. The standard InChI is InChI=1S/C14H19N3O/c1-10-7-11(2)17-13(12(10)8-15)18-9-14(16)5-3-4-6-14/h7H,3-6,9,16H2,1-2H3. The number of aromatic nitrogens is 1. The van der Waals surface area contributed by atoms with Crippen molar-refractivity contribution in [3.05, 3.63) is 22.9 Å². The molecule has 0 aliphatic heterocycles. The number of nitrogens with two attached hydrogens (primary N) is 1. The second kappa shape index (κ2) is 4.95. The molecule has 0 bridgehead atoms. The first-order valence-corrected chi connectivity index (χ1v) is 6.34. The smallest absolute Gasteiger partial charge is 0.232 e. The summed E-state index contributed by atoms with van der Waals surface area (Å²) in [5, 5.41) is 9.15. The van der Waals surface area contributed by atoms with Crippen LogP contribution in [0.3, 0.4) is 0 Å². The Hall–Kier alpha value is -1.60. The topological polar surface area (TPSA) is 71.9 Å². The van der Waals surface area contributed by atoms with E-state index < -0.39 is 0 Å². The monoisotopic (exact) mass is 245 g/mol. The van der Waals surface area contributed by atoms with Crippen molar-refractivity contribution in [3.8, 4) is 11.9 Å². The van der Waals surface area contributed by atoms with Crippen molar-refractivity contribution in [2.24, 2.45) is 5.73 Å². The molecule has 18 heavy (non-hydrogen) atoms. The summed E-state index contributed by atoms with van der Waals surface area (Å²) in [5.41, 5.74) is 8.27. The van der Waals surface area contributed by atoms with Gasteiger partial charge in [0.25, 0.3) is 0 Å². The number of pyridine rings is 1. The number of nitrogens with zero attached hydrogens (tertiary/aromatic N) is 2. The summed E-state index contributed by atoms with van der Waals surface area (Å²) >= 11 is 0. The van der Waals surface area contributed by atoms with Gasteiger partial charge in [0, 0.05) is 5.69 Å². The molecular weight excluding hydrogens is 226 g/mol. The number of aryl methyl sites for hydroxylation is 2. The summed E-state index contributed by atoms with van der Waals surface area (Å²) in [4.78, 5) is 4.30. The van der Waals surface area contributed by atoms with Gasteiger partial charge in [0.2, 0.25) is 5.88 Å². The minimum absolute atomic E-state index is 0.244. The predicted octanol–water partition coefficient (Wildman–Crippen LogP) is 2.22. The van der Waals surface area contributed by atoms with E-state index in [1.807, 2.05) is 19.9 Å². The number of rotatable bonds is 3. The maximum absolute atomic E-state index is 9.15. The van der Waals surface area contributed by atoms with Gasteiger partial charge in [0.15, 0.2) is 0 Å². The third-order valence-corrected chi connectivity index (χ3v) is 3.52. The first-order chi connectivity index (χ1) is 8.54. The zero-order valence-electron chi connectivity index (χ0n) is 11.0. The molecule has 1 fully saturated rings. The number of ether oxygens (including phenoxy) is 1. The maximum Gasteiger partial charge on any atom is 0.232 e. The van der Waals surface area contributed by atoms with Gasteiger partial charge in [-0.15, -0.1) is 0 Å². The lowest BCUT2D eigenvalue weighted by Gasteiger charge is -2.23. The SMILES string of the molecule is Cc1cc(C)c(C#N)c(OCC2(N)CCCC2)n1. The van der Waals surface area contributed by atoms with E-state index in [1.54, 1.807) is 0 Å². The Kier molecular flexibility index (Phi) is 3.53. The lowest BCUT2D eigenvalue weighted by Crippen LogP contribution is -2.42. The minimum Gasteiger partial charge on any atom is -0.475 e. The highest BCUT2D eigenvalue weighted by Crippen LogP contribution is 2.28. The van der Waals surface area contributed by atoms with E-state index in [0.717, 1.165) is 36.9 Å². The van der Waals surface area contributed by atoms with Crippen molar-refractivity contribution < 1.29 is 4.74 Å². The van der Waals surface area contributed by atoms with Crippen LogP contribution in [0.15, 0.2) is 6.07 Å². The van der Waals surface area contributed by atoms with Crippen LogP contribution in [-0.4, -0.2) is 17.1 Å². The van der Waals surface area contributed by atoms with Crippen LogP contribution in [-0.2, 0) is 0 Å². The van der Waals surface area contributed by atoms with Gasteiger partial charge in [0.05, 0.1) is 5.54 Å². The number of nitriles is 1. The highest BCUT2D eigenvalue weighted by atomic mass is 16.5. The van der Waals surface area contributed by atoms with Crippen LogP contribution in [0.25, 0.3) is 0 Å². The van der Waals surface area contributed by atoms with Crippen LogP contribution in [0.4, 0.5) is 0 Å². The summed E-state index contributed by atoms with van der Waals surface area (Å²) in [6.45, 7) is 4.24. The molecule has 0 spiro atoms. The van der Waals surface area contributed by atoms with Crippen LogP contribution >= 0.6 is 0 Å². The van der Waals surface area contributed by atoms with Gasteiger partial charge in [-0.05, 0) is 38.3 Å². The molecule has 1 aromatic heterocycles. The van der Waals surface area contributed by atoms with E-state index in [-0.39, 0.29) is 5.54 Å². The largest absolute Gasteiger partial charge is 0.475 e. The Balaban J connectivity index is 2.16. The summed E-state index contributed by atoms with van der Waals surface area (Å²) in [6.07, 6.45) is 4.29. The van der Waals surface area contributed by atoms with Gasteiger partial charge >= 0.3 is 0 Å². The number of hydrogen-bond donors (Lipinski definition) is 1. The van der Waals surface area contributed by atoms with Gasteiger partial charge in [-0.2, -0.15) is 5.26 Å². The lowest BCUT2D eigenvalue weighted by molar-refractivity contribution is 0.212. The van der Waals surface area contributed by atoms with E-state index in [2.05, 4.69) is 11.1 Å². The Bertz CT molecular complexity index is 485. The van der Waals surface area contributed by atoms with E-state index in [0.29, 0.717) is 18.1 Å². The summed E-state index contributed by atoms with van der Waals surface area (Å²) in [6, 6.07) is 4.04. The third-order valence-electron chi connectivity index (χ3n) is 3.52. The Morgan fingerprint density at radius 2 is 2.11 bits per heavy atom. The van der Waals surface area contributed by atoms with Crippen LogP contribution < -0.4 is 10.5 Å². The number of hydrogen-bond acceptors (Lipinski definition) is 4. The van der Waals surface area contributed by atoms with E-state index in [1.165, 1.54) is 0 Å². The first kappa shape index (κ1) is 12.8. The fourth-order valence-corrected chi connectivity index (χ4v) is 2.48. The fourth-order valence-electron chi connectivity index (χ4n) is 2.48. The van der Waals surface area contributed by atoms with Crippen molar-refractivity contribution >= 4 is 0 Å². The molecule has 96 valence electrons. The third kappa shape index (κ3) is 2.62. The van der Waals surface area contributed by atoms with Crippen LogP contribution in [0.1, 0.15) is 42.5 Å². The second-order valence-corrected chi connectivity index (χ2v) is 5.23. The molecule has 4 heteroatoms. The molecule has 1 saturated carbocycles. The van der Waals surface area contributed by atoms with Crippen LogP contribution in [0.5, 0.6) is 5.88 Å². The predicted molar refractivity (Wildman–Crippen MR) is 69.3 cm³/mol. The molecule has 2 rings (SSSR count). The summed E-state index contributed by atoms with van der Waals surface area (Å²) in [5.74, 6) is 0.423. The average Bonchev–Trinajstić information content (AvgIpc) is 2.73. The van der Waals surface area contributed by atoms with Crippen molar-refractivity contribution in [1.29, 1.82) is 5.26 Å². The lowest BCUT2D eigenvalue weighted by atomic mass is 10.0. The fraction of sp³-hybridized carbons (Fsp3) is 0.571. The zero-order valence-corrected chi connectivity index (χ0v) is 11.0. The Labute approximate surface area is 108 Å². The van der Waals surface area contributed by atoms with Crippen molar-refractivity contribution in [2.75, 3.05) is 6.61 Å². The molecule has 1 aromatic rings. The van der Waals surface area contributed by atoms with Gasteiger partial charge < -0.3 is 10.5 Å². The van der Waals surface area contributed by atoms with Crippen molar-refractivity contribution in [2.45, 2.75) is 45.1 Å². The van der Waals surface area contributed by atoms with Crippen molar-refractivity contribution in [3.63, 3.8) is 0 Å². The van der Waals surface area contributed by atoms with Crippen LogP contribution in [0.2, 0.25) is 0 Å². The summed E-state index contributed by atoms with van der Waals surface area (Å²) < 4.78 is 5.72. The van der Waals surface area contributed by atoms with Gasteiger partial charge in [-0.25, -0.2) is 4.98 Å². The van der Waals surface area contributed by atoms with Crippen molar-refractivity contribution in [1.82, 2.24) is 4.98 Å². The molecule has 0 unspecified atom stereocenters.